The molecule has 1 rings (SSSR count). The molecule has 3 nitrogen and oxygen atoms in total. The Labute approximate surface area is 81.9 Å². The van der Waals surface area contributed by atoms with Gasteiger partial charge in [-0.05, 0) is 6.07 Å². The molecule has 80 valence electrons. The minimum atomic E-state index is -4.86. The molecule has 0 amide bonds. The van der Waals surface area contributed by atoms with Crippen molar-refractivity contribution in [1.29, 1.82) is 5.26 Å². The maximum absolute atomic E-state index is 12.3. The number of hydrogen-bond donors (Lipinski definition) is 0. The van der Waals surface area contributed by atoms with Crippen LogP contribution in [0.2, 0.25) is 0 Å². The fourth-order valence-corrected chi connectivity index (χ4v) is 0.880. The number of halogens is 4. The van der Waals surface area contributed by atoms with E-state index in [4.69, 9.17) is 5.26 Å². The first-order chi connectivity index (χ1) is 6.96. The minimum absolute atomic E-state index is 0.237. The molecule has 1 heterocycles. The van der Waals surface area contributed by atoms with E-state index in [1.807, 2.05) is 0 Å². The van der Waals surface area contributed by atoms with Gasteiger partial charge in [0.05, 0.1) is 6.20 Å². The number of alkyl halides is 4. The van der Waals surface area contributed by atoms with Gasteiger partial charge in [-0.3, -0.25) is 0 Å². The number of nitriles is 1. The van der Waals surface area contributed by atoms with Crippen LogP contribution in [0.25, 0.3) is 0 Å². The zero-order valence-corrected chi connectivity index (χ0v) is 7.18. The second kappa shape index (κ2) is 4.13. The van der Waals surface area contributed by atoms with Gasteiger partial charge in [0.2, 0.25) is 0 Å². The van der Waals surface area contributed by atoms with Crippen molar-refractivity contribution in [2.75, 3.05) is 0 Å². The van der Waals surface area contributed by atoms with Gasteiger partial charge < -0.3 is 4.74 Å². The summed E-state index contributed by atoms with van der Waals surface area (Å²) in [5, 5.41) is 8.43. The van der Waals surface area contributed by atoms with Crippen LogP contribution in [0.5, 0.6) is 5.75 Å². The zero-order chi connectivity index (χ0) is 11.5. The molecular formula is C8H4F4N2O. The molecule has 0 saturated carbocycles. The van der Waals surface area contributed by atoms with E-state index in [2.05, 4.69) is 9.72 Å². The standard InChI is InChI=1S/C8H4F4N2O/c9-2-5-1-6(15-8(10,11)12)4-14-7(5)3-13/h1,4H,2H2. The fraction of sp³-hybridized carbons (Fsp3) is 0.250. The molecule has 1 aromatic heterocycles. The largest absolute Gasteiger partial charge is 0.573 e. The summed E-state index contributed by atoms with van der Waals surface area (Å²) in [6.45, 7) is -1.08. The number of pyridine rings is 1. The summed E-state index contributed by atoms with van der Waals surface area (Å²) < 4.78 is 51.0. The minimum Gasteiger partial charge on any atom is -0.404 e. The third kappa shape index (κ3) is 3.09. The second-order valence-electron chi connectivity index (χ2n) is 2.47. The molecule has 0 aliphatic heterocycles. The highest BCUT2D eigenvalue weighted by Crippen LogP contribution is 2.23. The van der Waals surface area contributed by atoms with E-state index in [1.165, 1.54) is 0 Å². The molecule has 0 atom stereocenters. The predicted octanol–water partition coefficient (Wildman–Crippen LogP) is 2.32. The Morgan fingerprint density at radius 1 is 1.47 bits per heavy atom. The van der Waals surface area contributed by atoms with Crippen LogP contribution < -0.4 is 4.74 Å². The van der Waals surface area contributed by atoms with Gasteiger partial charge in [0.1, 0.15) is 24.2 Å². The van der Waals surface area contributed by atoms with Crippen LogP contribution in [0.1, 0.15) is 11.3 Å². The van der Waals surface area contributed by atoms with Gasteiger partial charge in [0.25, 0.3) is 0 Å². The smallest absolute Gasteiger partial charge is 0.404 e. The van der Waals surface area contributed by atoms with Crippen molar-refractivity contribution < 1.29 is 22.3 Å². The van der Waals surface area contributed by atoms with Gasteiger partial charge in [-0.15, -0.1) is 13.2 Å². The molecule has 15 heavy (non-hydrogen) atoms. The molecule has 0 aliphatic carbocycles. The first-order valence-corrected chi connectivity index (χ1v) is 3.67. The maximum atomic E-state index is 12.3. The van der Waals surface area contributed by atoms with Crippen molar-refractivity contribution in [2.45, 2.75) is 13.0 Å². The lowest BCUT2D eigenvalue weighted by Gasteiger charge is -2.09. The number of hydrogen-bond acceptors (Lipinski definition) is 3. The van der Waals surface area contributed by atoms with Crippen molar-refractivity contribution >= 4 is 0 Å². The second-order valence-corrected chi connectivity index (χ2v) is 2.47. The molecule has 0 fully saturated rings. The van der Waals surface area contributed by atoms with Crippen LogP contribution in [-0.2, 0) is 6.67 Å². The zero-order valence-electron chi connectivity index (χ0n) is 7.18. The van der Waals surface area contributed by atoms with Gasteiger partial charge in [-0.25, -0.2) is 9.37 Å². The summed E-state index contributed by atoms with van der Waals surface area (Å²) in [6.07, 6.45) is -4.14. The molecule has 0 spiro atoms. The van der Waals surface area contributed by atoms with E-state index in [0.717, 1.165) is 6.07 Å². The highest BCUT2D eigenvalue weighted by molar-refractivity contribution is 5.35. The maximum Gasteiger partial charge on any atom is 0.573 e. The van der Waals surface area contributed by atoms with Crippen molar-refractivity contribution in [3.8, 4) is 11.8 Å². The molecule has 0 unspecified atom stereocenters. The van der Waals surface area contributed by atoms with Gasteiger partial charge in [0, 0.05) is 5.56 Å². The summed E-state index contributed by atoms with van der Waals surface area (Å²) in [7, 11) is 0. The summed E-state index contributed by atoms with van der Waals surface area (Å²) in [4.78, 5) is 3.33. The summed E-state index contributed by atoms with van der Waals surface area (Å²) in [5.41, 5.74) is -0.494. The van der Waals surface area contributed by atoms with E-state index < -0.39 is 18.8 Å². The average molecular weight is 220 g/mol. The van der Waals surface area contributed by atoms with Crippen LogP contribution in [0.15, 0.2) is 12.3 Å². The Balaban J connectivity index is 3.00. The topological polar surface area (TPSA) is 45.9 Å². The number of aromatic nitrogens is 1. The van der Waals surface area contributed by atoms with E-state index in [9.17, 15) is 17.6 Å². The van der Waals surface area contributed by atoms with Crippen LogP contribution in [-0.4, -0.2) is 11.3 Å². The molecule has 0 bridgehead atoms. The number of nitrogens with zero attached hydrogens (tertiary/aromatic N) is 2. The van der Waals surface area contributed by atoms with Crippen LogP contribution in [0.4, 0.5) is 17.6 Å². The SMILES string of the molecule is N#Cc1ncc(OC(F)(F)F)cc1CF. The molecular weight excluding hydrogens is 216 g/mol. The third-order valence-electron chi connectivity index (χ3n) is 1.42. The Morgan fingerprint density at radius 3 is 2.60 bits per heavy atom. The first kappa shape index (κ1) is 11.2. The molecule has 0 aromatic carbocycles. The van der Waals surface area contributed by atoms with E-state index in [0.29, 0.717) is 6.20 Å². The highest BCUT2D eigenvalue weighted by Gasteiger charge is 2.31. The quantitative estimate of drug-likeness (QED) is 0.718. The first-order valence-electron chi connectivity index (χ1n) is 3.67. The van der Waals surface area contributed by atoms with Gasteiger partial charge in [0.15, 0.2) is 0 Å². The molecule has 1 aromatic rings. The Morgan fingerprint density at radius 2 is 2.13 bits per heavy atom. The summed E-state index contributed by atoms with van der Waals surface area (Å²) in [5.74, 6) is -0.644. The van der Waals surface area contributed by atoms with E-state index >= 15 is 0 Å². The Bertz CT molecular complexity index is 397. The third-order valence-corrected chi connectivity index (χ3v) is 1.42. The van der Waals surface area contributed by atoms with E-state index in [1.54, 1.807) is 6.07 Å². The lowest BCUT2D eigenvalue weighted by Crippen LogP contribution is -2.17. The number of rotatable bonds is 2. The average Bonchev–Trinajstić information content (AvgIpc) is 2.15. The highest BCUT2D eigenvalue weighted by atomic mass is 19.4. The predicted molar refractivity (Wildman–Crippen MR) is 40.4 cm³/mol. The molecule has 0 radical (unpaired) electrons. The summed E-state index contributed by atoms with van der Waals surface area (Å²) >= 11 is 0. The van der Waals surface area contributed by atoms with Crippen LogP contribution in [0, 0.1) is 11.3 Å². The molecule has 0 N–H and O–H groups in total. The molecule has 7 heteroatoms. The van der Waals surface area contributed by atoms with Crippen molar-refractivity contribution in [2.24, 2.45) is 0 Å². The van der Waals surface area contributed by atoms with Crippen molar-refractivity contribution in [1.82, 2.24) is 4.98 Å². The van der Waals surface area contributed by atoms with Gasteiger partial charge in [-0.2, -0.15) is 5.26 Å². The van der Waals surface area contributed by atoms with E-state index in [-0.39, 0.29) is 11.3 Å². The Hall–Kier alpha value is -1.84. The normalized spacial score (nSPS) is 10.9. The van der Waals surface area contributed by atoms with Gasteiger partial charge >= 0.3 is 6.36 Å². The fourth-order valence-electron chi connectivity index (χ4n) is 0.880. The van der Waals surface area contributed by atoms with Gasteiger partial charge in [-0.1, -0.05) is 0 Å². The summed E-state index contributed by atoms with van der Waals surface area (Å²) in [6, 6.07) is 2.34. The Kier molecular flexibility index (Phi) is 3.09. The van der Waals surface area contributed by atoms with Crippen molar-refractivity contribution in [3.63, 3.8) is 0 Å². The lowest BCUT2D eigenvalue weighted by atomic mass is 10.2. The molecule has 0 aliphatic rings. The number of ether oxygens (including phenoxy) is 1. The van der Waals surface area contributed by atoms with Crippen LogP contribution >= 0.6 is 0 Å². The monoisotopic (exact) mass is 220 g/mol. The molecule has 0 saturated heterocycles. The van der Waals surface area contributed by atoms with Crippen molar-refractivity contribution in [3.05, 3.63) is 23.5 Å². The van der Waals surface area contributed by atoms with Crippen LogP contribution in [0.3, 0.4) is 0 Å². The lowest BCUT2D eigenvalue weighted by molar-refractivity contribution is -0.274.